The molecule has 0 aliphatic carbocycles. The van der Waals surface area contributed by atoms with Crippen LogP contribution in [0.5, 0.6) is 11.6 Å². The molecule has 2 heterocycles. The number of carbonyl (C=O) groups excluding carboxylic acids is 1. The zero-order valence-electron chi connectivity index (χ0n) is 17.2. The average molecular weight is 420 g/mol. The number of hydrogen-bond acceptors (Lipinski definition) is 4. The fraction of sp³-hybridized carbons (Fsp3) is 0.0385. The van der Waals surface area contributed by atoms with Gasteiger partial charge in [0.15, 0.2) is 5.65 Å². The van der Waals surface area contributed by atoms with Crippen LogP contribution < -0.4 is 10.1 Å². The summed E-state index contributed by atoms with van der Waals surface area (Å²) in [4.78, 5) is 17.4. The fourth-order valence-electron chi connectivity index (χ4n) is 3.47. The average Bonchev–Trinajstić information content (AvgIpc) is 3.22. The maximum Gasteiger partial charge on any atom is 0.251 e. The molecule has 156 valence electrons. The maximum atomic E-state index is 12.6. The Labute approximate surface area is 185 Å². The van der Waals surface area contributed by atoms with Crippen LogP contribution in [-0.2, 0) is 6.54 Å². The van der Waals surface area contributed by atoms with Gasteiger partial charge in [-0.05, 0) is 30.3 Å². The molecule has 5 rings (SSSR count). The third kappa shape index (κ3) is 4.06. The van der Waals surface area contributed by atoms with Crippen molar-refractivity contribution >= 4 is 11.6 Å². The molecule has 0 spiro atoms. The summed E-state index contributed by atoms with van der Waals surface area (Å²) in [6.45, 7) is 0.265. The van der Waals surface area contributed by atoms with Gasteiger partial charge in [0.25, 0.3) is 5.91 Å². The molecule has 0 radical (unpaired) electrons. The maximum absolute atomic E-state index is 12.6. The van der Waals surface area contributed by atoms with Crippen LogP contribution in [0.2, 0.25) is 0 Å². The molecule has 3 aromatic carbocycles. The van der Waals surface area contributed by atoms with E-state index in [4.69, 9.17) is 9.72 Å². The molecule has 5 aromatic rings. The number of imidazole rings is 1. The number of carbonyl (C=O) groups is 1. The van der Waals surface area contributed by atoms with Crippen LogP contribution >= 0.6 is 0 Å². The van der Waals surface area contributed by atoms with Crippen molar-refractivity contribution in [2.75, 3.05) is 0 Å². The van der Waals surface area contributed by atoms with Crippen LogP contribution in [0.25, 0.3) is 16.9 Å². The van der Waals surface area contributed by atoms with E-state index in [0.29, 0.717) is 22.8 Å². The van der Waals surface area contributed by atoms with Gasteiger partial charge >= 0.3 is 0 Å². The summed E-state index contributed by atoms with van der Waals surface area (Å²) in [6.07, 6.45) is 0. The van der Waals surface area contributed by atoms with Crippen LogP contribution in [0.3, 0.4) is 0 Å². The summed E-state index contributed by atoms with van der Waals surface area (Å²) in [5, 5.41) is 7.64. The van der Waals surface area contributed by atoms with Crippen molar-refractivity contribution in [2.45, 2.75) is 6.54 Å². The SMILES string of the molecule is O=C(NCc1c(-c2ccccc2)nc2ccc(Oc3ccccc3)nn12)c1ccccc1. The van der Waals surface area contributed by atoms with Gasteiger partial charge in [-0.15, -0.1) is 5.10 Å². The van der Waals surface area contributed by atoms with Crippen molar-refractivity contribution in [1.82, 2.24) is 19.9 Å². The van der Waals surface area contributed by atoms with E-state index >= 15 is 0 Å². The Kier molecular flexibility index (Phi) is 5.32. The third-order valence-corrected chi connectivity index (χ3v) is 5.01. The van der Waals surface area contributed by atoms with Crippen molar-refractivity contribution < 1.29 is 9.53 Å². The summed E-state index contributed by atoms with van der Waals surface area (Å²) in [5.74, 6) is 0.981. The lowest BCUT2D eigenvalue weighted by atomic mass is 10.1. The zero-order valence-corrected chi connectivity index (χ0v) is 17.2. The first-order valence-electron chi connectivity index (χ1n) is 10.3. The van der Waals surface area contributed by atoms with Crippen LogP contribution in [-0.4, -0.2) is 20.5 Å². The van der Waals surface area contributed by atoms with Gasteiger partial charge in [-0.25, -0.2) is 9.50 Å². The molecule has 0 atom stereocenters. The Hall–Kier alpha value is -4.45. The first-order valence-corrected chi connectivity index (χ1v) is 10.3. The standard InChI is InChI=1S/C26H20N4O2/c31-26(20-12-6-2-7-13-20)27-18-22-25(19-10-4-1-5-11-19)28-23-16-17-24(29-30(22)23)32-21-14-8-3-9-15-21/h1-17H,18H2,(H,27,31). The van der Waals surface area contributed by atoms with Crippen LogP contribution in [0.15, 0.2) is 103 Å². The van der Waals surface area contributed by atoms with E-state index < -0.39 is 0 Å². The highest BCUT2D eigenvalue weighted by atomic mass is 16.5. The quantitative estimate of drug-likeness (QED) is 0.414. The predicted octanol–water partition coefficient (Wildman–Crippen LogP) is 5.12. The monoisotopic (exact) mass is 420 g/mol. The molecule has 0 saturated carbocycles. The largest absolute Gasteiger partial charge is 0.438 e. The normalized spacial score (nSPS) is 10.8. The van der Waals surface area contributed by atoms with Gasteiger partial charge in [0, 0.05) is 17.2 Å². The number of rotatable bonds is 6. The van der Waals surface area contributed by atoms with Gasteiger partial charge in [0.05, 0.1) is 17.9 Å². The minimum absolute atomic E-state index is 0.156. The van der Waals surface area contributed by atoms with Crippen LogP contribution in [0.4, 0.5) is 0 Å². The summed E-state index contributed by atoms with van der Waals surface area (Å²) in [5.41, 5.74) is 3.77. The summed E-state index contributed by atoms with van der Waals surface area (Å²) < 4.78 is 7.63. The van der Waals surface area contributed by atoms with E-state index in [1.54, 1.807) is 22.7 Å². The molecular formula is C26H20N4O2. The molecule has 0 aliphatic rings. The third-order valence-electron chi connectivity index (χ3n) is 5.01. The molecular weight excluding hydrogens is 400 g/mol. The summed E-state index contributed by atoms with van der Waals surface area (Å²) in [6, 6.07) is 32.1. The minimum Gasteiger partial charge on any atom is -0.438 e. The molecule has 2 aromatic heterocycles. The minimum atomic E-state index is -0.156. The lowest BCUT2D eigenvalue weighted by molar-refractivity contribution is 0.0950. The molecule has 0 aliphatic heterocycles. The van der Waals surface area contributed by atoms with E-state index in [-0.39, 0.29) is 12.5 Å². The molecule has 6 nitrogen and oxygen atoms in total. The van der Waals surface area contributed by atoms with E-state index in [1.165, 1.54) is 0 Å². The second-order valence-electron chi connectivity index (χ2n) is 7.18. The smallest absolute Gasteiger partial charge is 0.251 e. The Balaban J connectivity index is 1.52. The number of fused-ring (bicyclic) bond motifs is 1. The first kappa shape index (κ1) is 19.5. The molecule has 0 fully saturated rings. The molecule has 0 bridgehead atoms. The Morgan fingerprint density at radius 3 is 2.19 bits per heavy atom. The van der Waals surface area contributed by atoms with Gasteiger partial charge in [0.1, 0.15) is 5.75 Å². The fourth-order valence-corrected chi connectivity index (χ4v) is 3.47. The van der Waals surface area contributed by atoms with E-state index in [2.05, 4.69) is 10.4 Å². The van der Waals surface area contributed by atoms with Gasteiger partial charge in [-0.2, -0.15) is 0 Å². The van der Waals surface area contributed by atoms with Crippen LogP contribution in [0, 0.1) is 0 Å². The topological polar surface area (TPSA) is 68.5 Å². The molecule has 0 saturated heterocycles. The molecule has 32 heavy (non-hydrogen) atoms. The van der Waals surface area contributed by atoms with Crippen LogP contribution in [0.1, 0.15) is 16.1 Å². The predicted molar refractivity (Wildman–Crippen MR) is 123 cm³/mol. The molecule has 1 amide bonds. The number of amides is 1. The van der Waals surface area contributed by atoms with Crippen molar-refractivity contribution in [1.29, 1.82) is 0 Å². The number of hydrogen-bond donors (Lipinski definition) is 1. The number of nitrogens with one attached hydrogen (secondary N) is 1. The molecule has 0 unspecified atom stereocenters. The second kappa shape index (κ2) is 8.73. The highest BCUT2D eigenvalue weighted by Crippen LogP contribution is 2.26. The number of nitrogens with zero attached hydrogens (tertiary/aromatic N) is 3. The van der Waals surface area contributed by atoms with Gasteiger partial charge in [-0.3, -0.25) is 4.79 Å². The van der Waals surface area contributed by atoms with E-state index in [9.17, 15) is 4.79 Å². The van der Waals surface area contributed by atoms with Crippen molar-refractivity contribution in [3.63, 3.8) is 0 Å². The number of aromatic nitrogens is 3. The van der Waals surface area contributed by atoms with Gasteiger partial charge in [-0.1, -0.05) is 66.7 Å². The van der Waals surface area contributed by atoms with Crippen molar-refractivity contribution in [2.24, 2.45) is 0 Å². The van der Waals surface area contributed by atoms with Crippen molar-refractivity contribution in [3.8, 4) is 22.9 Å². The number of ether oxygens (including phenoxy) is 1. The Bertz CT molecular complexity index is 1350. The van der Waals surface area contributed by atoms with Gasteiger partial charge < -0.3 is 10.1 Å². The molecule has 6 heteroatoms. The summed E-state index contributed by atoms with van der Waals surface area (Å²) in [7, 11) is 0. The van der Waals surface area contributed by atoms with E-state index in [0.717, 1.165) is 17.0 Å². The molecule has 1 N–H and O–H groups in total. The number of para-hydroxylation sites is 1. The lowest BCUT2D eigenvalue weighted by Crippen LogP contribution is -2.24. The van der Waals surface area contributed by atoms with E-state index in [1.807, 2.05) is 84.9 Å². The highest BCUT2D eigenvalue weighted by molar-refractivity contribution is 5.94. The highest BCUT2D eigenvalue weighted by Gasteiger charge is 2.17. The second-order valence-corrected chi connectivity index (χ2v) is 7.18. The first-order chi connectivity index (χ1) is 15.8. The summed E-state index contributed by atoms with van der Waals surface area (Å²) >= 11 is 0. The zero-order chi connectivity index (χ0) is 21.8. The number of benzene rings is 3. The Morgan fingerprint density at radius 2 is 1.47 bits per heavy atom. The Morgan fingerprint density at radius 1 is 0.812 bits per heavy atom. The van der Waals surface area contributed by atoms with Crippen molar-refractivity contribution in [3.05, 3.63) is 114 Å². The lowest BCUT2D eigenvalue weighted by Gasteiger charge is -2.09. The van der Waals surface area contributed by atoms with Gasteiger partial charge in [0.2, 0.25) is 5.88 Å².